The zero-order valence-corrected chi connectivity index (χ0v) is 17.0. The van der Waals surface area contributed by atoms with E-state index in [0.717, 1.165) is 10.4 Å². The summed E-state index contributed by atoms with van der Waals surface area (Å²) in [6, 6.07) is 13.5. The fourth-order valence-corrected chi connectivity index (χ4v) is 8.66. The van der Waals surface area contributed by atoms with Crippen molar-refractivity contribution in [1.29, 1.82) is 0 Å². The van der Waals surface area contributed by atoms with E-state index in [2.05, 4.69) is 0 Å². The summed E-state index contributed by atoms with van der Waals surface area (Å²) in [5.74, 6) is -0.609. The Morgan fingerprint density at radius 3 is 2.15 bits per heavy atom. The average Bonchev–Trinajstić information content (AvgIpc) is 3.02. The first kappa shape index (κ1) is 19.8. The molecule has 0 radical (unpaired) electrons. The lowest BCUT2D eigenvalue weighted by Gasteiger charge is -2.20. The molecule has 1 aliphatic heterocycles. The van der Waals surface area contributed by atoms with Gasteiger partial charge in [-0.1, -0.05) is 24.3 Å². The van der Waals surface area contributed by atoms with Crippen LogP contribution < -0.4 is 4.31 Å². The van der Waals surface area contributed by atoms with Crippen molar-refractivity contribution >= 4 is 35.4 Å². The maximum absolute atomic E-state index is 12.9. The first-order valence-corrected chi connectivity index (χ1v) is 12.9. The largest absolute Gasteiger partial charge is 0.269 e. The molecule has 1 heterocycles. The predicted octanol–water partition coefficient (Wildman–Crippen LogP) is 1.47. The summed E-state index contributed by atoms with van der Waals surface area (Å²) in [5.41, 5.74) is 0.438. The Morgan fingerprint density at radius 2 is 1.56 bits per heavy atom. The van der Waals surface area contributed by atoms with Crippen molar-refractivity contribution in [3.8, 4) is 0 Å². The zero-order valence-electron chi connectivity index (χ0n) is 14.5. The fourth-order valence-electron chi connectivity index (χ4n) is 2.94. The molecule has 27 heavy (non-hydrogen) atoms. The molecule has 3 rings (SSSR count). The van der Waals surface area contributed by atoms with Gasteiger partial charge < -0.3 is 0 Å². The highest BCUT2D eigenvalue weighted by Gasteiger charge is 2.38. The van der Waals surface area contributed by atoms with Crippen LogP contribution in [-0.4, -0.2) is 49.1 Å². The first-order valence-electron chi connectivity index (χ1n) is 8.12. The van der Waals surface area contributed by atoms with Gasteiger partial charge in [0, 0.05) is 7.05 Å². The number of hydrogen-bond donors (Lipinski definition) is 0. The van der Waals surface area contributed by atoms with Gasteiger partial charge in [0.25, 0.3) is 10.0 Å². The van der Waals surface area contributed by atoms with Gasteiger partial charge in [0.2, 0.25) is 0 Å². The van der Waals surface area contributed by atoms with Gasteiger partial charge in [-0.05, 0) is 36.8 Å². The molecule has 1 saturated heterocycles. The maximum atomic E-state index is 12.9. The Balaban J connectivity index is 1.98. The van der Waals surface area contributed by atoms with Crippen LogP contribution in [0.3, 0.4) is 0 Å². The number of sulfone groups is 2. The lowest BCUT2D eigenvalue weighted by atomic mass is 10.3. The van der Waals surface area contributed by atoms with Crippen molar-refractivity contribution in [2.24, 2.45) is 0 Å². The summed E-state index contributed by atoms with van der Waals surface area (Å²) in [4.78, 5) is -0.358. The fraction of sp³-hybridized carbons (Fsp3) is 0.294. The maximum Gasteiger partial charge on any atom is 0.264 e. The second kappa shape index (κ2) is 6.92. The topological polar surface area (TPSA) is 106 Å². The number of sulfonamides is 1. The lowest BCUT2D eigenvalue weighted by molar-refractivity contribution is 0.581. The van der Waals surface area contributed by atoms with Gasteiger partial charge in [-0.25, -0.2) is 25.3 Å². The second-order valence-electron chi connectivity index (χ2n) is 6.35. The molecule has 0 amide bonds. The molecular weight excluding hydrogens is 410 g/mol. The van der Waals surface area contributed by atoms with E-state index in [9.17, 15) is 25.3 Å². The molecule has 0 spiro atoms. The van der Waals surface area contributed by atoms with Gasteiger partial charge in [0.05, 0.1) is 32.2 Å². The Hall–Kier alpha value is -1.91. The predicted molar refractivity (Wildman–Crippen MR) is 103 cm³/mol. The van der Waals surface area contributed by atoms with Crippen molar-refractivity contribution in [3.63, 3.8) is 0 Å². The standard InChI is InChI=1S/C17H19NO6S3/c1-18(14-6-3-2-4-7-14)27(23,24)16-9-5-8-15(12-16)26(21,22)17-10-11-25(19,20)13-17/h2-9,12,17H,10-11,13H2,1H3. The monoisotopic (exact) mass is 429 g/mol. The summed E-state index contributed by atoms with van der Waals surface area (Å²) < 4.78 is 75.6. The van der Waals surface area contributed by atoms with E-state index in [1.165, 1.54) is 25.2 Å². The highest BCUT2D eigenvalue weighted by molar-refractivity contribution is 7.96. The zero-order chi connectivity index (χ0) is 19.9. The Kier molecular flexibility index (Phi) is 5.08. The molecule has 1 atom stereocenters. The summed E-state index contributed by atoms with van der Waals surface area (Å²) in [7, 11) is -9.91. The number of anilines is 1. The van der Waals surface area contributed by atoms with Crippen LogP contribution in [0.25, 0.3) is 0 Å². The highest BCUT2D eigenvalue weighted by Crippen LogP contribution is 2.28. The molecular formula is C17H19NO6S3. The minimum atomic E-state index is -3.97. The van der Waals surface area contributed by atoms with Crippen molar-refractivity contribution in [2.75, 3.05) is 22.9 Å². The van der Waals surface area contributed by atoms with E-state index >= 15 is 0 Å². The van der Waals surface area contributed by atoms with Gasteiger partial charge in [0.1, 0.15) is 0 Å². The second-order valence-corrected chi connectivity index (χ2v) is 12.8. The van der Waals surface area contributed by atoms with Crippen LogP contribution in [0.15, 0.2) is 64.4 Å². The van der Waals surface area contributed by atoms with Crippen LogP contribution in [0.2, 0.25) is 0 Å². The summed E-state index contributed by atoms with van der Waals surface area (Å²) in [6.45, 7) is 0. The third kappa shape index (κ3) is 3.87. The minimum absolute atomic E-state index is 0.0194. The normalized spacial score (nSPS) is 19.7. The smallest absolute Gasteiger partial charge is 0.264 e. The molecule has 10 heteroatoms. The molecule has 0 saturated carbocycles. The number of rotatable bonds is 5. The van der Waals surface area contributed by atoms with Crippen LogP contribution in [0.5, 0.6) is 0 Å². The van der Waals surface area contributed by atoms with E-state index in [-0.39, 0.29) is 22.0 Å². The van der Waals surface area contributed by atoms with Crippen LogP contribution in [0.1, 0.15) is 6.42 Å². The third-order valence-corrected chi connectivity index (χ3v) is 10.5. The highest BCUT2D eigenvalue weighted by atomic mass is 32.2. The Labute approximate surface area is 159 Å². The molecule has 1 unspecified atom stereocenters. The Morgan fingerprint density at radius 1 is 0.926 bits per heavy atom. The van der Waals surface area contributed by atoms with Crippen molar-refractivity contribution < 1.29 is 25.3 Å². The number of benzene rings is 2. The average molecular weight is 430 g/mol. The molecule has 0 N–H and O–H groups in total. The van der Waals surface area contributed by atoms with Gasteiger partial charge in [-0.2, -0.15) is 0 Å². The summed E-state index contributed by atoms with van der Waals surface area (Å²) in [5, 5.41) is -1.05. The van der Waals surface area contributed by atoms with Gasteiger partial charge in [0.15, 0.2) is 19.7 Å². The van der Waals surface area contributed by atoms with E-state index in [0.29, 0.717) is 5.69 Å². The molecule has 1 aliphatic rings. The molecule has 0 aliphatic carbocycles. The molecule has 0 aromatic heterocycles. The van der Waals surface area contributed by atoms with E-state index < -0.39 is 40.7 Å². The number of nitrogens with zero attached hydrogens (tertiary/aromatic N) is 1. The quantitative estimate of drug-likeness (QED) is 0.713. The van der Waals surface area contributed by atoms with Gasteiger partial charge in [-0.3, -0.25) is 4.31 Å². The van der Waals surface area contributed by atoms with Crippen LogP contribution >= 0.6 is 0 Å². The third-order valence-electron chi connectivity index (χ3n) is 4.54. The van der Waals surface area contributed by atoms with Crippen molar-refractivity contribution in [1.82, 2.24) is 0 Å². The van der Waals surface area contributed by atoms with Crippen molar-refractivity contribution in [2.45, 2.75) is 21.5 Å². The minimum Gasteiger partial charge on any atom is -0.269 e. The molecule has 2 aromatic rings. The van der Waals surface area contributed by atoms with E-state index in [1.54, 1.807) is 30.3 Å². The van der Waals surface area contributed by atoms with E-state index in [4.69, 9.17) is 0 Å². The Bertz CT molecular complexity index is 1160. The summed E-state index contributed by atoms with van der Waals surface area (Å²) in [6.07, 6.45) is 0.0194. The number of para-hydroxylation sites is 1. The molecule has 2 aromatic carbocycles. The van der Waals surface area contributed by atoms with Crippen LogP contribution in [-0.2, 0) is 29.7 Å². The van der Waals surface area contributed by atoms with Crippen molar-refractivity contribution in [3.05, 3.63) is 54.6 Å². The SMILES string of the molecule is CN(c1ccccc1)S(=O)(=O)c1cccc(S(=O)(=O)C2CCS(=O)(=O)C2)c1. The van der Waals surface area contributed by atoms with Crippen LogP contribution in [0, 0.1) is 0 Å². The number of hydrogen-bond acceptors (Lipinski definition) is 6. The van der Waals surface area contributed by atoms with Gasteiger partial charge in [-0.15, -0.1) is 0 Å². The summed E-state index contributed by atoms with van der Waals surface area (Å²) >= 11 is 0. The molecule has 1 fully saturated rings. The molecule has 0 bridgehead atoms. The van der Waals surface area contributed by atoms with E-state index in [1.807, 2.05) is 0 Å². The van der Waals surface area contributed by atoms with Crippen LogP contribution in [0.4, 0.5) is 5.69 Å². The molecule has 146 valence electrons. The first-order chi connectivity index (χ1) is 12.5. The lowest BCUT2D eigenvalue weighted by Crippen LogP contribution is -2.27. The molecule has 7 nitrogen and oxygen atoms in total. The van der Waals surface area contributed by atoms with Gasteiger partial charge >= 0.3 is 0 Å².